The summed E-state index contributed by atoms with van der Waals surface area (Å²) in [7, 11) is 0. The summed E-state index contributed by atoms with van der Waals surface area (Å²) in [5.41, 5.74) is 5.39. The molecular formula is C26H29N5O3. The lowest BCUT2D eigenvalue weighted by atomic mass is 9.97. The summed E-state index contributed by atoms with van der Waals surface area (Å²) in [6.45, 7) is 6.39. The van der Waals surface area contributed by atoms with Crippen molar-refractivity contribution in [2.45, 2.75) is 39.8 Å². The van der Waals surface area contributed by atoms with Crippen LogP contribution in [0.25, 0.3) is 33.4 Å². The van der Waals surface area contributed by atoms with Crippen LogP contribution >= 0.6 is 0 Å². The summed E-state index contributed by atoms with van der Waals surface area (Å²) in [6, 6.07) is 13.7. The van der Waals surface area contributed by atoms with E-state index in [4.69, 9.17) is 0 Å². The number of anilines is 1. The van der Waals surface area contributed by atoms with Crippen LogP contribution in [0.15, 0.2) is 53.5 Å². The molecule has 0 radical (unpaired) electrons. The Balaban J connectivity index is 1.84. The molecule has 8 heteroatoms. The highest BCUT2D eigenvalue weighted by atomic mass is 16.3. The number of rotatable bonds is 8. The minimum absolute atomic E-state index is 0.205. The summed E-state index contributed by atoms with van der Waals surface area (Å²) in [5, 5.41) is 22.9. The zero-order chi connectivity index (χ0) is 24.2. The molecule has 0 bridgehead atoms. The number of nitrogens with one attached hydrogen (secondary N) is 1. The highest BCUT2D eigenvalue weighted by Gasteiger charge is 2.16. The Bertz CT molecular complexity index is 1380. The lowest BCUT2D eigenvalue weighted by molar-refractivity contribution is 0.0847. The van der Waals surface area contributed by atoms with Gasteiger partial charge in [-0.3, -0.25) is 14.3 Å². The van der Waals surface area contributed by atoms with Gasteiger partial charge in [-0.25, -0.2) is 4.98 Å². The Morgan fingerprint density at radius 2 is 1.91 bits per heavy atom. The van der Waals surface area contributed by atoms with Gasteiger partial charge in [0.05, 0.1) is 18.4 Å². The van der Waals surface area contributed by atoms with Crippen LogP contribution < -0.4 is 10.9 Å². The van der Waals surface area contributed by atoms with Crippen molar-refractivity contribution in [3.8, 4) is 22.4 Å². The summed E-state index contributed by atoms with van der Waals surface area (Å²) in [5.74, 6) is 0.435. The van der Waals surface area contributed by atoms with Crippen LogP contribution in [0, 0.1) is 13.8 Å². The van der Waals surface area contributed by atoms with Gasteiger partial charge in [-0.15, -0.1) is 0 Å². The number of benzene rings is 1. The first kappa shape index (κ1) is 23.5. The predicted octanol–water partition coefficient (Wildman–Crippen LogP) is 3.31. The number of aliphatic hydroxyl groups excluding tert-OH is 2. The maximum absolute atomic E-state index is 13.6. The smallest absolute Gasteiger partial charge is 0.260 e. The Morgan fingerprint density at radius 1 is 1.09 bits per heavy atom. The number of fused-ring (bicyclic) bond motifs is 1. The molecule has 1 atom stereocenters. The van der Waals surface area contributed by atoms with E-state index in [2.05, 4.69) is 20.3 Å². The van der Waals surface area contributed by atoms with Crippen LogP contribution in [0.3, 0.4) is 0 Å². The van der Waals surface area contributed by atoms with Gasteiger partial charge in [-0.1, -0.05) is 18.2 Å². The number of hydrogen-bond donors (Lipinski definition) is 3. The first-order chi connectivity index (χ1) is 16.4. The van der Waals surface area contributed by atoms with Crippen molar-refractivity contribution in [2.24, 2.45) is 0 Å². The maximum atomic E-state index is 13.6. The summed E-state index contributed by atoms with van der Waals surface area (Å²) in [6.07, 6.45) is 1.01. The van der Waals surface area contributed by atoms with Gasteiger partial charge >= 0.3 is 0 Å². The van der Waals surface area contributed by atoms with Crippen LogP contribution in [-0.2, 0) is 6.54 Å². The van der Waals surface area contributed by atoms with Gasteiger partial charge in [0.15, 0.2) is 0 Å². The molecule has 176 valence electrons. The fraction of sp³-hybridized carbons (Fsp3) is 0.308. The zero-order valence-electron chi connectivity index (χ0n) is 19.6. The second kappa shape index (κ2) is 10.1. The van der Waals surface area contributed by atoms with Gasteiger partial charge < -0.3 is 15.5 Å². The van der Waals surface area contributed by atoms with Gasteiger partial charge in [0.25, 0.3) is 5.56 Å². The molecule has 3 N–H and O–H groups in total. The minimum Gasteiger partial charge on any atom is -0.394 e. The average molecular weight is 460 g/mol. The van der Waals surface area contributed by atoms with Crippen molar-refractivity contribution >= 4 is 17.0 Å². The Labute approximate surface area is 198 Å². The quantitative estimate of drug-likeness (QED) is 0.370. The van der Waals surface area contributed by atoms with Crippen molar-refractivity contribution < 1.29 is 10.2 Å². The van der Waals surface area contributed by atoms with Crippen molar-refractivity contribution in [3.63, 3.8) is 0 Å². The van der Waals surface area contributed by atoms with Gasteiger partial charge in [0, 0.05) is 41.5 Å². The van der Waals surface area contributed by atoms with Crippen molar-refractivity contribution in [1.82, 2.24) is 19.5 Å². The number of aliphatic hydroxyl groups is 2. The number of aryl methyl sites for hydroxylation is 3. The molecule has 0 saturated heterocycles. The van der Waals surface area contributed by atoms with E-state index >= 15 is 0 Å². The van der Waals surface area contributed by atoms with Crippen LogP contribution in [-0.4, -0.2) is 49.0 Å². The van der Waals surface area contributed by atoms with E-state index in [0.717, 1.165) is 33.5 Å². The maximum Gasteiger partial charge on any atom is 0.260 e. The highest BCUT2D eigenvalue weighted by molar-refractivity contribution is 5.83. The largest absolute Gasteiger partial charge is 0.394 e. The molecule has 4 aromatic rings. The molecule has 0 aliphatic heterocycles. The molecule has 3 aromatic heterocycles. The van der Waals surface area contributed by atoms with E-state index in [1.165, 1.54) is 0 Å². The molecular weight excluding hydrogens is 430 g/mol. The molecule has 0 aliphatic rings. The van der Waals surface area contributed by atoms with Crippen LogP contribution in [0.5, 0.6) is 0 Å². The average Bonchev–Trinajstić information content (AvgIpc) is 2.83. The van der Waals surface area contributed by atoms with Gasteiger partial charge in [-0.2, -0.15) is 4.98 Å². The Kier molecular flexibility index (Phi) is 7.00. The van der Waals surface area contributed by atoms with Gasteiger partial charge in [-0.05, 0) is 62.6 Å². The van der Waals surface area contributed by atoms with Crippen LogP contribution in [0.2, 0.25) is 0 Å². The second-order valence-electron chi connectivity index (χ2n) is 8.34. The zero-order valence-corrected chi connectivity index (χ0v) is 19.6. The van der Waals surface area contributed by atoms with Crippen LogP contribution in [0.1, 0.15) is 24.6 Å². The van der Waals surface area contributed by atoms with E-state index in [9.17, 15) is 15.0 Å². The SMILES string of the molecule is CCNc1ncc2cc(-c3ccc(-c4cccc(C)n4)cc3C)c(=O)n(CC[C@@H](O)CO)c2n1. The predicted molar refractivity (Wildman–Crippen MR) is 134 cm³/mol. The van der Waals surface area contributed by atoms with Gasteiger partial charge in [0.1, 0.15) is 5.65 Å². The fourth-order valence-electron chi connectivity index (χ4n) is 4.00. The standard InChI is InChI=1S/C26H29N5O3/c1-4-27-26-28-14-19-13-22(25(34)31(24(19)30-26)11-10-20(33)15-32)21-9-8-18(12-16(21)2)23-7-5-6-17(3)29-23/h5-9,12-14,20,32-33H,4,10-11,15H2,1-3H3,(H,27,28,30)/t20-/m1/s1. The lowest BCUT2D eigenvalue weighted by Crippen LogP contribution is -2.26. The van der Waals surface area contributed by atoms with Crippen LogP contribution in [0.4, 0.5) is 5.95 Å². The first-order valence-corrected chi connectivity index (χ1v) is 11.4. The molecule has 0 spiro atoms. The third-order valence-corrected chi connectivity index (χ3v) is 5.76. The molecule has 0 saturated carbocycles. The van der Waals surface area contributed by atoms with Gasteiger partial charge in [0.2, 0.25) is 5.95 Å². The molecule has 0 aliphatic carbocycles. The van der Waals surface area contributed by atoms with Crippen molar-refractivity contribution in [2.75, 3.05) is 18.5 Å². The molecule has 34 heavy (non-hydrogen) atoms. The second-order valence-corrected chi connectivity index (χ2v) is 8.34. The normalized spacial score (nSPS) is 12.1. The van der Waals surface area contributed by atoms with E-state index in [1.54, 1.807) is 10.8 Å². The third kappa shape index (κ3) is 4.83. The monoisotopic (exact) mass is 459 g/mol. The van der Waals surface area contributed by atoms with E-state index < -0.39 is 6.10 Å². The lowest BCUT2D eigenvalue weighted by Gasteiger charge is -2.16. The van der Waals surface area contributed by atoms with Crippen molar-refractivity contribution in [1.29, 1.82) is 0 Å². The molecule has 3 heterocycles. The van der Waals surface area contributed by atoms with E-state index in [-0.39, 0.29) is 25.1 Å². The Morgan fingerprint density at radius 3 is 2.62 bits per heavy atom. The first-order valence-electron chi connectivity index (χ1n) is 11.4. The molecule has 0 fully saturated rings. The number of pyridine rings is 2. The fourth-order valence-corrected chi connectivity index (χ4v) is 4.00. The molecule has 1 aromatic carbocycles. The molecule has 8 nitrogen and oxygen atoms in total. The third-order valence-electron chi connectivity index (χ3n) is 5.76. The summed E-state index contributed by atoms with van der Waals surface area (Å²) < 4.78 is 1.56. The topological polar surface area (TPSA) is 113 Å². The van der Waals surface area contributed by atoms with E-state index in [1.807, 2.05) is 63.2 Å². The Hall–Kier alpha value is -3.62. The van der Waals surface area contributed by atoms with E-state index in [0.29, 0.717) is 23.7 Å². The summed E-state index contributed by atoms with van der Waals surface area (Å²) in [4.78, 5) is 27.1. The van der Waals surface area contributed by atoms with Crippen molar-refractivity contribution in [3.05, 3.63) is 70.3 Å². The number of nitrogens with zero attached hydrogens (tertiary/aromatic N) is 4. The number of aromatic nitrogens is 4. The highest BCUT2D eigenvalue weighted by Crippen LogP contribution is 2.28. The molecule has 0 amide bonds. The molecule has 4 rings (SSSR count). The minimum atomic E-state index is -0.913. The summed E-state index contributed by atoms with van der Waals surface area (Å²) >= 11 is 0. The molecule has 0 unspecified atom stereocenters. The number of hydrogen-bond acceptors (Lipinski definition) is 7.